The number of rotatable bonds is 7. The van der Waals surface area contributed by atoms with Gasteiger partial charge in [0.2, 0.25) is 0 Å². The molecule has 0 aromatic heterocycles. The van der Waals surface area contributed by atoms with Gasteiger partial charge in [0.05, 0.1) is 6.10 Å². The van der Waals surface area contributed by atoms with Gasteiger partial charge in [0.1, 0.15) is 0 Å². The first-order chi connectivity index (χ1) is 10.1. The minimum absolute atomic E-state index is 0.221. The highest BCUT2D eigenvalue weighted by Gasteiger charge is 2.21. The molecule has 4 heteroatoms. The van der Waals surface area contributed by atoms with Gasteiger partial charge in [-0.3, -0.25) is 0 Å². The standard InChI is InChI=1S/C10H20Br2O.C6H6.CHN/c1-3-5-6-7-9(12)10(13)8(11)4-2;1-2-4-6-5-3-1;1-2/h8-10,13H,3-7H2,1-2H3;1-6H;1H. The maximum absolute atomic E-state index is 9.79. The van der Waals surface area contributed by atoms with Crippen LogP contribution >= 0.6 is 31.9 Å². The summed E-state index contributed by atoms with van der Waals surface area (Å²) in [4.78, 5) is 0.460. The molecule has 21 heavy (non-hydrogen) atoms. The molecule has 0 saturated heterocycles. The van der Waals surface area contributed by atoms with Gasteiger partial charge in [0.25, 0.3) is 0 Å². The van der Waals surface area contributed by atoms with Crippen LogP contribution in [0.25, 0.3) is 0 Å². The van der Waals surface area contributed by atoms with Crippen molar-refractivity contribution in [2.24, 2.45) is 0 Å². The predicted octanol–water partition coefficient (Wildman–Crippen LogP) is 5.69. The van der Waals surface area contributed by atoms with Gasteiger partial charge in [-0.1, -0.05) is 101 Å². The van der Waals surface area contributed by atoms with Crippen molar-refractivity contribution in [3.63, 3.8) is 0 Å². The Labute approximate surface area is 146 Å². The zero-order valence-electron chi connectivity index (χ0n) is 13.0. The summed E-state index contributed by atoms with van der Waals surface area (Å²) in [7, 11) is 0. The molecular formula is C17H27Br2NO. The minimum Gasteiger partial charge on any atom is -0.391 e. The molecule has 2 nitrogen and oxygen atoms in total. The molecule has 0 saturated carbocycles. The van der Waals surface area contributed by atoms with Crippen molar-refractivity contribution in [3.8, 4) is 6.57 Å². The first kappa shape index (κ1) is 22.9. The number of hydrogen-bond donors (Lipinski definition) is 1. The molecule has 3 atom stereocenters. The Bertz CT molecular complexity index is 292. The van der Waals surface area contributed by atoms with E-state index in [9.17, 15) is 5.11 Å². The van der Waals surface area contributed by atoms with E-state index in [1.165, 1.54) is 19.3 Å². The maximum atomic E-state index is 9.79. The lowest BCUT2D eigenvalue weighted by atomic mass is 10.1. The number of halogens is 2. The van der Waals surface area contributed by atoms with E-state index in [2.05, 4.69) is 52.3 Å². The fraction of sp³-hybridized carbons (Fsp3) is 0.588. The van der Waals surface area contributed by atoms with Crippen molar-refractivity contribution in [3.05, 3.63) is 36.4 Å². The summed E-state index contributed by atoms with van der Waals surface area (Å²) in [6.45, 7) is 7.77. The molecule has 1 N–H and O–H groups in total. The van der Waals surface area contributed by atoms with E-state index in [0.717, 1.165) is 12.8 Å². The second-order valence-electron chi connectivity index (χ2n) is 4.58. The van der Waals surface area contributed by atoms with E-state index in [-0.39, 0.29) is 15.8 Å². The predicted molar refractivity (Wildman–Crippen MR) is 99.0 cm³/mol. The van der Waals surface area contributed by atoms with Crippen molar-refractivity contribution in [1.82, 2.24) is 0 Å². The van der Waals surface area contributed by atoms with E-state index in [1.54, 1.807) is 0 Å². The fourth-order valence-corrected chi connectivity index (χ4v) is 3.08. The molecular weight excluding hydrogens is 394 g/mol. The summed E-state index contributed by atoms with van der Waals surface area (Å²) < 4.78 is 0. The fourth-order valence-electron chi connectivity index (χ4n) is 1.61. The Kier molecular flexibility index (Phi) is 19.3. The molecule has 120 valence electrons. The first-order valence-corrected chi connectivity index (χ1v) is 9.18. The van der Waals surface area contributed by atoms with Crippen LogP contribution in [0.1, 0.15) is 46.0 Å². The maximum Gasteiger partial charge on any atom is 0.0789 e. The Hall–Kier alpha value is -0.370. The number of aliphatic hydroxyl groups is 1. The number of alkyl halides is 2. The van der Waals surface area contributed by atoms with E-state index >= 15 is 0 Å². The number of nitriles is 1. The van der Waals surface area contributed by atoms with Crippen molar-refractivity contribution in [1.29, 1.82) is 5.26 Å². The molecule has 0 radical (unpaired) electrons. The Morgan fingerprint density at radius 2 is 1.33 bits per heavy atom. The van der Waals surface area contributed by atoms with E-state index in [4.69, 9.17) is 5.26 Å². The summed E-state index contributed by atoms with van der Waals surface area (Å²) in [5.74, 6) is 0. The summed E-state index contributed by atoms with van der Waals surface area (Å²) in [5, 5.41) is 16.3. The summed E-state index contributed by atoms with van der Waals surface area (Å²) in [6.07, 6.45) is 5.47. The van der Waals surface area contributed by atoms with Gasteiger partial charge in [0.15, 0.2) is 0 Å². The molecule has 0 aliphatic carbocycles. The Morgan fingerprint density at radius 3 is 1.67 bits per heavy atom. The highest BCUT2D eigenvalue weighted by Crippen LogP contribution is 2.22. The summed E-state index contributed by atoms with van der Waals surface area (Å²) in [5.41, 5.74) is 0. The molecule has 0 bridgehead atoms. The molecule has 0 aliphatic heterocycles. The monoisotopic (exact) mass is 419 g/mol. The molecule has 1 rings (SSSR count). The van der Waals surface area contributed by atoms with Crippen LogP contribution in [0.5, 0.6) is 0 Å². The topological polar surface area (TPSA) is 44.0 Å². The molecule has 0 fully saturated rings. The first-order valence-electron chi connectivity index (χ1n) is 7.35. The molecule has 3 unspecified atom stereocenters. The summed E-state index contributed by atoms with van der Waals surface area (Å²) in [6, 6.07) is 12.0. The van der Waals surface area contributed by atoms with Gasteiger partial charge in [-0.05, 0) is 12.8 Å². The Morgan fingerprint density at radius 1 is 0.905 bits per heavy atom. The molecule has 0 amide bonds. The average Bonchev–Trinajstić information content (AvgIpc) is 2.57. The van der Waals surface area contributed by atoms with Crippen LogP contribution in [0, 0.1) is 11.8 Å². The van der Waals surface area contributed by atoms with Crippen molar-refractivity contribution in [2.45, 2.75) is 61.7 Å². The third-order valence-electron chi connectivity index (χ3n) is 2.88. The largest absolute Gasteiger partial charge is 0.391 e. The molecule has 0 spiro atoms. The lowest BCUT2D eigenvalue weighted by Gasteiger charge is -2.21. The van der Waals surface area contributed by atoms with Gasteiger partial charge in [-0.2, -0.15) is 0 Å². The lowest BCUT2D eigenvalue weighted by molar-refractivity contribution is 0.166. The normalized spacial score (nSPS) is 13.7. The van der Waals surface area contributed by atoms with Crippen LogP contribution < -0.4 is 0 Å². The van der Waals surface area contributed by atoms with Crippen LogP contribution in [0.2, 0.25) is 0 Å². The third kappa shape index (κ3) is 14.3. The summed E-state index contributed by atoms with van der Waals surface area (Å²) >= 11 is 7.01. The number of benzene rings is 1. The SMILES string of the molecule is C#N.CCCCCC(Br)C(O)C(Br)CC.c1ccccc1. The minimum atomic E-state index is -0.262. The number of hydrogen-bond acceptors (Lipinski definition) is 2. The van der Waals surface area contributed by atoms with Crippen molar-refractivity contribution in [2.75, 3.05) is 0 Å². The second-order valence-corrected chi connectivity index (χ2v) is 6.93. The third-order valence-corrected chi connectivity index (χ3v) is 5.07. The van der Waals surface area contributed by atoms with Crippen LogP contribution in [-0.2, 0) is 0 Å². The smallest absolute Gasteiger partial charge is 0.0789 e. The molecule has 0 aliphatic rings. The number of unbranched alkanes of at least 4 members (excludes halogenated alkanes) is 2. The van der Waals surface area contributed by atoms with Crippen LogP contribution in [0.4, 0.5) is 0 Å². The molecule has 1 aromatic carbocycles. The van der Waals surface area contributed by atoms with Crippen molar-refractivity contribution >= 4 is 31.9 Å². The molecule has 0 heterocycles. The molecule has 1 aromatic rings. The van der Waals surface area contributed by atoms with Crippen LogP contribution in [-0.4, -0.2) is 20.9 Å². The number of aliphatic hydroxyl groups excluding tert-OH is 1. The average molecular weight is 421 g/mol. The second kappa shape index (κ2) is 17.7. The highest BCUT2D eigenvalue weighted by atomic mass is 79.9. The lowest BCUT2D eigenvalue weighted by Crippen LogP contribution is -2.29. The van der Waals surface area contributed by atoms with E-state index in [0.29, 0.717) is 0 Å². The van der Waals surface area contributed by atoms with Crippen LogP contribution in [0.3, 0.4) is 0 Å². The highest BCUT2D eigenvalue weighted by molar-refractivity contribution is 9.10. The van der Waals surface area contributed by atoms with Crippen LogP contribution in [0.15, 0.2) is 36.4 Å². The van der Waals surface area contributed by atoms with E-state index in [1.807, 2.05) is 36.4 Å². The van der Waals surface area contributed by atoms with Gasteiger partial charge < -0.3 is 5.11 Å². The zero-order chi connectivity index (χ0) is 16.5. The van der Waals surface area contributed by atoms with Gasteiger partial charge >= 0.3 is 0 Å². The number of nitrogens with zero attached hydrogens (tertiary/aromatic N) is 1. The van der Waals surface area contributed by atoms with E-state index < -0.39 is 0 Å². The van der Waals surface area contributed by atoms with Gasteiger partial charge in [0, 0.05) is 16.2 Å². The zero-order valence-corrected chi connectivity index (χ0v) is 16.1. The quantitative estimate of drug-likeness (QED) is 0.454. The van der Waals surface area contributed by atoms with Gasteiger partial charge in [-0.15, -0.1) is 0 Å². The van der Waals surface area contributed by atoms with Crippen molar-refractivity contribution < 1.29 is 5.11 Å². The van der Waals surface area contributed by atoms with Gasteiger partial charge in [-0.25, -0.2) is 5.26 Å². The Balaban J connectivity index is 0.